The number of carbonyl (C=O) groups excluding carboxylic acids is 1. The van der Waals surface area contributed by atoms with Crippen molar-refractivity contribution in [3.8, 4) is 0 Å². The second-order valence-electron chi connectivity index (χ2n) is 4.00. The molecule has 0 amide bonds. The van der Waals surface area contributed by atoms with Crippen LogP contribution in [0.2, 0.25) is 0 Å². The van der Waals surface area contributed by atoms with E-state index < -0.39 is 11.5 Å². The van der Waals surface area contributed by atoms with Gasteiger partial charge in [0.1, 0.15) is 0 Å². The van der Waals surface area contributed by atoms with Crippen molar-refractivity contribution >= 4 is 12.2 Å². The first kappa shape index (κ1) is 13.7. The summed E-state index contributed by atoms with van der Waals surface area (Å²) in [6.07, 6.45) is 1.52. The van der Waals surface area contributed by atoms with E-state index in [2.05, 4.69) is 15.4 Å². The summed E-state index contributed by atoms with van der Waals surface area (Å²) in [6.45, 7) is 3.76. The van der Waals surface area contributed by atoms with E-state index in [1.54, 1.807) is 6.92 Å². The van der Waals surface area contributed by atoms with Gasteiger partial charge in [0.05, 0.1) is 12.8 Å². The molecule has 0 aliphatic carbocycles. The van der Waals surface area contributed by atoms with Crippen LogP contribution in [0.4, 0.5) is 0 Å². The number of aromatic amines is 1. The van der Waals surface area contributed by atoms with Gasteiger partial charge in [-0.15, -0.1) is 9.89 Å². The molecule has 1 aromatic carbocycles. The average molecular weight is 274 g/mol. The van der Waals surface area contributed by atoms with E-state index in [1.807, 2.05) is 31.2 Å². The molecule has 2 aromatic rings. The fourth-order valence-corrected chi connectivity index (χ4v) is 1.55. The Morgan fingerprint density at radius 1 is 1.50 bits per heavy atom. The second-order valence-corrected chi connectivity index (χ2v) is 4.00. The lowest BCUT2D eigenvalue weighted by molar-refractivity contribution is 0.0517. The summed E-state index contributed by atoms with van der Waals surface area (Å²) in [6, 6.07) is 7.58. The van der Waals surface area contributed by atoms with Crippen molar-refractivity contribution in [2.75, 3.05) is 6.61 Å². The van der Waals surface area contributed by atoms with Crippen molar-refractivity contribution in [3.05, 3.63) is 51.4 Å². The number of aryl methyl sites for hydroxylation is 1. The molecule has 1 aromatic heterocycles. The van der Waals surface area contributed by atoms with Crippen molar-refractivity contribution in [2.45, 2.75) is 13.8 Å². The number of hydrogen-bond donors (Lipinski definition) is 1. The van der Waals surface area contributed by atoms with E-state index >= 15 is 0 Å². The molecule has 0 saturated heterocycles. The number of hydrogen-bond acceptors (Lipinski definition) is 5. The SMILES string of the molecule is CCOC(=O)c1n[nH]n(N=Cc2ccccc2C)c1=O. The fraction of sp³-hybridized carbons (Fsp3) is 0.231. The van der Waals surface area contributed by atoms with Crippen LogP contribution >= 0.6 is 0 Å². The van der Waals surface area contributed by atoms with E-state index in [-0.39, 0.29) is 12.3 Å². The lowest BCUT2D eigenvalue weighted by atomic mass is 10.1. The van der Waals surface area contributed by atoms with E-state index in [9.17, 15) is 9.59 Å². The topological polar surface area (TPSA) is 89.3 Å². The van der Waals surface area contributed by atoms with Gasteiger partial charge in [0, 0.05) is 0 Å². The minimum Gasteiger partial charge on any atom is -0.461 e. The Morgan fingerprint density at radius 3 is 2.95 bits per heavy atom. The van der Waals surface area contributed by atoms with Gasteiger partial charge < -0.3 is 4.74 Å². The molecule has 0 unspecified atom stereocenters. The minimum absolute atomic E-state index is 0.178. The van der Waals surface area contributed by atoms with Gasteiger partial charge in [-0.05, 0) is 25.0 Å². The van der Waals surface area contributed by atoms with Gasteiger partial charge >= 0.3 is 11.5 Å². The predicted octanol–water partition coefficient (Wildman–Crippen LogP) is 0.939. The first-order valence-corrected chi connectivity index (χ1v) is 6.08. The molecule has 1 N–H and O–H groups in total. The summed E-state index contributed by atoms with van der Waals surface area (Å²) in [5.41, 5.74) is 0.934. The summed E-state index contributed by atoms with van der Waals surface area (Å²) >= 11 is 0. The van der Waals surface area contributed by atoms with Crippen LogP contribution in [0.15, 0.2) is 34.2 Å². The van der Waals surface area contributed by atoms with Gasteiger partial charge in [0.2, 0.25) is 5.69 Å². The summed E-state index contributed by atoms with van der Waals surface area (Å²) in [5, 5.41) is 9.92. The Balaban J connectivity index is 2.26. The van der Waals surface area contributed by atoms with Crippen LogP contribution in [0.1, 0.15) is 28.5 Å². The molecule has 7 nitrogen and oxygen atoms in total. The highest BCUT2D eigenvalue weighted by atomic mass is 16.5. The van der Waals surface area contributed by atoms with E-state index in [0.717, 1.165) is 15.9 Å². The number of nitrogens with zero attached hydrogens (tertiary/aromatic N) is 3. The molecule has 7 heteroatoms. The third-order valence-corrected chi connectivity index (χ3v) is 2.62. The van der Waals surface area contributed by atoms with Crippen LogP contribution in [0.5, 0.6) is 0 Å². The maximum absolute atomic E-state index is 11.8. The van der Waals surface area contributed by atoms with Crippen molar-refractivity contribution < 1.29 is 9.53 Å². The Labute approximate surface area is 114 Å². The number of H-pyrrole nitrogens is 1. The molecule has 2 rings (SSSR count). The van der Waals surface area contributed by atoms with Crippen molar-refractivity contribution in [1.82, 2.24) is 15.1 Å². The number of rotatable bonds is 4. The normalized spacial score (nSPS) is 10.9. The average Bonchev–Trinajstić information content (AvgIpc) is 2.79. The molecule has 0 saturated carbocycles. The van der Waals surface area contributed by atoms with Crippen molar-refractivity contribution in [1.29, 1.82) is 0 Å². The number of aromatic nitrogens is 3. The minimum atomic E-state index is -0.765. The van der Waals surface area contributed by atoms with Gasteiger partial charge in [-0.25, -0.2) is 4.79 Å². The highest BCUT2D eigenvalue weighted by Crippen LogP contribution is 2.03. The molecule has 0 fully saturated rings. The third kappa shape index (κ3) is 2.82. The van der Waals surface area contributed by atoms with Crippen LogP contribution in [0.25, 0.3) is 0 Å². The van der Waals surface area contributed by atoms with Crippen LogP contribution in [0.3, 0.4) is 0 Å². The zero-order valence-corrected chi connectivity index (χ0v) is 11.2. The lowest BCUT2D eigenvalue weighted by Gasteiger charge is -1.97. The zero-order chi connectivity index (χ0) is 14.5. The van der Waals surface area contributed by atoms with Gasteiger partial charge in [0.15, 0.2) is 0 Å². The Morgan fingerprint density at radius 2 is 2.25 bits per heavy atom. The molecular weight excluding hydrogens is 260 g/mol. The molecule has 0 atom stereocenters. The summed E-state index contributed by atoms with van der Waals surface area (Å²) in [4.78, 5) is 24.2. The fourth-order valence-electron chi connectivity index (χ4n) is 1.55. The van der Waals surface area contributed by atoms with Crippen molar-refractivity contribution in [3.63, 3.8) is 0 Å². The maximum Gasteiger partial charge on any atom is 0.364 e. The molecule has 0 bridgehead atoms. The Bertz CT molecular complexity index is 700. The number of esters is 1. The largest absolute Gasteiger partial charge is 0.461 e. The highest BCUT2D eigenvalue weighted by Gasteiger charge is 2.17. The zero-order valence-electron chi connectivity index (χ0n) is 11.2. The van der Waals surface area contributed by atoms with Crippen LogP contribution in [-0.4, -0.2) is 33.9 Å². The Hall–Kier alpha value is -2.70. The number of nitrogens with one attached hydrogen (secondary N) is 1. The molecule has 0 radical (unpaired) electrons. The molecule has 104 valence electrons. The molecule has 0 spiro atoms. The first-order valence-electron chi connectivity index (χ1n) is 6.08. The van der Waals surface area contributed by atoms with Gasteiger partial charge in [-0.2, -0.15) is 10.3 Å². The quantitative estimate of drug-likeness (QED) is 0.663. The van der Waals surface area contributed by atoms with E-state index in [4.69, 9.17) is 4.74 Å². The first-order chi connectivity index (χ1) is 9.63. The van der Waals surface area contributed by atoms with Crippen LogP contribution in [0, 0.1) is 6.92 Å². The standard InChI is InChI=1S/C13H14N4O3/c1-3-20-13(19)11-12(18)17(16-15-11)14-8-10-7-5-4-6-9(10)2/h4-8,16H,3H2,1-2H3. The molecule has 1 heterocycles. The van der Waals surface area contributed by atoms with E-state index in [0.29, 0.717) is 0 Å². The third-order valence-electron chi connectivity index (χ3n) is 2.62. The predicted molar refractivity (Wildman–Crippen MR) is 73.0 cm³/mol. The summed E-state index contributed by atoms with van der Waals surface area (Å²) < 4.78 is 4.72. The van der Waals surface area contributed by atoms with Gasteiger partial charge in [0.25, 0.3) is 0 Å². The van der Waals surface area contributed by atoms with Crippen molar-refractivity contribution in [2.24, 2.45) is 5.10 Å². The van der Waals surface area contributed by atoms with Crippen LogP contribution < -0.4 is 5.56 Å². The maximum atomic E-state index is 11.8. The van der Waals surface area contributed by atoms with Gasteiger partial charge in [-0.3, -0.25) is 4.79 Å². The summed E-state index contributed by atoms with van der Waals surface area (Å²) in [7, 11) is 0. The van der Waals surface area contributed by atoms with Gasteiger partial charge in [-0.1, -0.05) is 24.3 Å². The monoisotopic (exact) mass is 274 g/mol. The summed E-state index contributed by atoms with van der Waals surface area (Å²) in [5.74, 6) is -0.765. The second kappa shape index (κ2) is 5.96. The molecule has 0 aliphatic rings. The molecular formula is C13H14N4O3. The van der Waals surface area contributed by atoms with E-state index in [1.165, 1.54) is 6.21 Å². The van der Waals surface area contributed by atoms with Crippen LogP contribution in [-0.2, 0) is 4.74 Å². The molecule has 20 heavy (non-hydrogen) atoms. The number of ether oxygens (including phenoxy) is 1. The Kier molecular flexibility index (Phi) is 4.09. The molecule has 0 aliphatic heterocycles. The smallest absolute Gasteiger partial charge is 0.364 e. The lowest BCUT2D eigenvalue weighted by Crippen LogP contribution is -2.20. The highest BCUT2D eigenvalue weighted by molar-refractivity contribution is 5.86. The number of benzene rings is 1. The number of carbonyl (C=O) groups is 1.